The Bertz CT molecular complexity index is 589. The van der Waals surface area contributed by atoms with Crippen molar-refractivity contribution in [3.8, 4) is 0 Å². The fourth-order valence-corrected chi connectivity index (χ4v) is 2.42. The number of carbonyl (C=O) groups is 1. The number of nitrogens with zero attached hydrogens (tertiary/aromatic N) is 2. The van der Waals surface area contributed by atoms with Gasteiger partial charge in [0.15, 0.2) is 5.69 Å². The van der Waals surface area contributed by atoms with Gasteiger partial charge in [-0.15, -0.1) is 5.10 Å². The molecule has 1 aromatic carbocycles. The summed E-state index contributed by atoms with van der Waals surface area (Å²) in [5.41, 5.74) is 2.80. The quantitative estimate of drug-likeness (QED) is 0.937. The van der Waals surface area contributed by atoms with Crippen LogP contribution in [0, 0.1) is 6.92 Å². The van der Waals surface area contributed by atoms with Crippen LogP contribution in [0.25, 0.3) is 0 Å². The molecule has 2 rings (SSSR count). The third kappa shape index (κ3) is 3.22. The molecule has 20 heavy (non-hydrogen) atoms. The fraction of sp³-hybridized carbons (Fsp3) is 0.400. The van der Waals surface area contributed by atoms with Gasteiger partial charge in [0, 0.05) is 0 Å². The fourth-order valence-electron chi connectivity index (χ4n) is 1.96. The van der Waals surface area contributed by atoms with Crippen molar-refractivity contribution in [3.63, 3.8) is 0 Å². The van der Waals surface area contributed by atoms with Crippen LogP contribution in [0.1, 0.15) is 59.2 Å². The number of benzene rings is 1. The van der Waals surface area contributed by atoms with E-state index in [1.807, 2.05) is 13.8 Å². The summed E-state index contributed by atoms with van der Waals surface area (Å²) >= 11 is 1.24. The molecule has 1 atom stereocenters. The predicted octanol–water partition coefficient (Wildman–Crippen LogP) is 3.46. The average Bonchev–Trinajstić information content (AvgIpc) is 2.85. The number of aryl methyl sites for hydroxylation is 1. The van der Waals surface area contributed by atoms with Crippen LogP contribution >= 0.6 is 11.5 Å². The molecule has 0 aliphatic heterocycles. The standard InChI is InChI=1S/C15H19N3OS/c1-9(2)12-5-7-13(8-6-12)10(3)16-15(19)14-11(4)20-18-17-14/h5-10H,1-4H3,(H,16,19)/t10-/m1/s1. The second-order valence-electron chi connectivity index (χ2n) is 5.19. The molecule has 1 N–H and O–H groups in total. The normalized spacial score (nSPS) is 12.4. The van der Waals surface area contributed by atoms with E-state index in [2.05, 4.69) is 53.0 Å². The van der Waals surface area contributed by atoms with Crippen LogP contribution in [0.5, 0.6) is 0 Å². The molecule has 0 unspecified atom stereocenters. The van der Waals surface area contributed by atoms with Crippen LogP contribution < -0.4 is 5.32 Å². The smallest absolute Gasteiger partial charge is 0.273 e. The van der Waals surface area contributed by atoms with Gasteiger partial charge in [-0.05, 0) is 42.4 Å². The van der Waals surface area contributed by atoms with Crippen LogP contribution in [-0.2, 0) is 0 Å². The van der Waals surface area contributed by atoms with Crippen molar-refractivity contribution in [3.05, 3.63) is 46.0 Å². The summed E-state index contributed by atoms with van der Waals surface area (Å²) in [6.07, 6.45) is 0. The maximum Gasteiger partial charge on any atom is 0.273 e. The number of hydrogen-bond donors (Lipinski definition) is 1. The molecule has 1 amide bonds. The second kappa shape index (κ2) is 6.13. The minimum absolute atomic E-state index is 0.0511. The Labute approximate surface area is 123 Å². The maximum atomic E-state index is 12.1. The molecule has 0 spiro atoms. The Morgan fingerprint density at radius 1 is 1.15 bits per heavy atom. The van der Waals surface area contributed by atoms with Gasteiger partial charge < -0.3 is 5.32 Å². The van der Waals surface area contributed by atoms with E-state index < -0.39 is 0 Å². The van der Waals surface area contributed by atoms with E-state index in [9.17, 15) is 4.79 Å². The second-order valence-corrected chi connectivity index (χ2v) is 6.15. The highest BCUT2D eigenvalue weighted by atomic mass is 32.1. The van der Waals surface area contributed by atoms with E-state index in [-0.39, 0.29) is 11.9 Å². The summed E-state index contributed by atoms with van der Waals surface area (Å²) in [5.74, 6) is 0.342. The lowest BCUT2D eigenvalue weighted by Gasteiger charge is -2.15. The third-order valence-electron chi connectivity index (χ3n) is 3.32. The highest BCUT2D eigenvalue weighted by molar-refractivity contribution is 7.05. The summed E-state index contributed by atoms with van der Waals surface area (Å²) in [6, 6.07) is 8.29. The van der Waals surface area contributed by atoms with Crippen molar-refractivity contribution in [1.82, 2.24) is 14.9 Å². The van der Waals surface area contributed by atoms with Crippen molar-refractivity contribution in [2.75, 3.05) is 0 Å². The van der Waals surface area contributed by atoms with Gasteiger partial charge in [-0.1, -0.05) is 42.6 Å². The van der Waals surface area contributed by atoms with Gasteiger partial charge in [0.2, 0.25) is 0 Å². The van der Waals surface area contributed by atoms with Gasteiger partial charge in [-0.2, -0.15) is 0 Å². The monoisotopic (exact) mass is 289 g/mol. The summed E-state index contributed by atoms with van der Waals surface area (Å²) < 4.78 is 3.78. The lowest BCUT2D eigenvalue weighted by atomic mass is 9.99. The lowest BCUT2D eigenvalue weighted by Crippen LogP contribution is -2.27. The first kappa shape index (κ1) is 14.7. The molecular formula is C15H19N3OS. The first-order chi connectivity index (χ1) is 9.49. The van der Waals surface area contributed by atoms with Crippen molar-refractivity contribution < 1.29 is 4.79 Å². The third-order valence-corrected chi connectivity index (χ3v) is 3.95. The predicted molar refractivity (Wildman–Crippen MR) is 81.1 cm³/mol. The molecule has 0 aliphatic carbocycles. The van der Waals surface area contributed by atoms with Gasteiger partial charge >= 0.3 is 0 Å². The molecule has 5 heteroatoms. The zero-order valence-electron chi connectivity index (χ0n) is 12.2. The Kier molecular flexibility index (Phi) is 4.49. The number of nitrogens with one attached hydrogen (secondary N) is 1. The molecule has 0 saturated carbocycles. The van der Waals surface area contributed by atoms with Crippen LogP contribution in [0.2, 0.25) is 0 Å². The SMILES string of the molecule is Cc1snnc1C(=O)N[C@H](C)c1ccc(C(C)C)cc1. The first-order valence-electron chi connectivity index (χ1n) is 6.68. The molecule has 4 nitrogen and oxygen atoms in total. The van der Waals surface area contributed by atoms with Crippen LogP contribution in [0.15, 0.2) is 24.3 Å². The van der Waals surface area contributed by atoms with E-state index in [4.69, 9.17) is 0 Å². The summed E-state index contributed by atoms with van der Waals surface area (Å²) in [6.45, 7) is 8.15. The Morgan fingerprint density at radius 3 is 2.25 bits per heavy atom. The van der Waals surface area contributed by atoms with Gasteiger partial charge in [0.05, 0.1) is 10.9 Å². The van der Waals surface area contributed by atoms with Crippen LogP contribution in [0.4, 0.5) is 0 Å². The Morgan fingerprint density at radius 2 is 1.75 bits per heavy atom. The van der Waals surface area contributed by atoms with E-state index in [1.165, 1.54) is 17.1 Å². The molecule has 2 aromatic rings. The number of aromatic nitrogens is 2. The molecule has 0 aliphatic rings. The van der Waals surface area contributed by atoms with E-state index in [0.717, 1.165) is 10.4 Å². The van der Waals surface area contributed by atoms with Gasteiger partial charge in [0.25, 0.3) is 5.91 Å². The van der Waals surface area contributed by atoms with Gasteiger partial charge in [-0.25, -0.2) is 0 Å². The van der Waals surface area contributed by atoms with Crippen LogP contribution in [-0.4, -0.2) is 15.5 Å². The van der Waals surface area contributed by atoms with Crippen molar-refractivity contribution >= 4 is 17.4 Å². The van der Waals surface area contributed by atoms with E-state index >= 15 is 0 Å². The van der Waals surface area contributed by atoms with Gasteiger partial charge in [-0.3, -0.25) is 4.79 Å². The number of carbonyl (C=O) groups excluding carboxylic acids is 1. The van der Waals surface area contributed by atoms with Gasteiger partial charge in [0.1, 0.15) is 0 Å². The van der Waals surface area contributed by atoms with E-state index in [1.54, 1.807) is 0 Å². The summed E-state index contributed by atoms with van der Waals surface area (Å²) in [4.78, 5) is 12.9. The highest BCUT2D eigenvalue weighted by Crippen LogP contribution is 2.19. The Balaban J connectivity index is 2.06. The molecule has 0 fully saturated rings. The zero-order chi connectivity index (χ0) is 14.7. The molecule has 1 aromatic heterocycles. The minimum Gasteiger partial charge on any atom is -0.344 e. The first-order valence-corrected chi connectivity index (χ1v) is 7.46. The molecule has 1 heterocycles. The lowest BCUT2D eigenvalue weighted by molar-refractivity contribution is 0.0934. The average molecular weight is 289 g/mol. The molecular weight excluding hydrogens is 270 g/mol. The zero-order valence-corrected chi connectivity index (χ0v) is 13.0. The molecule has 0 radical (unpaired) electrons. The minimum atomic E-state index is -0.170. The topological polar surface area (TPSA) is 54.9 Å². The maximum absolute atomic E-state index is 12.1. The number of amides is 1. The summed E-state index contributed by atoms with van der Waals surface area (Å²) in [7, 11) is 0. The number of rotatable bonds is 4. The van der Waals surface area contributed by atoms with E-state index in [0.29, 0.717) is 11.6 Å². The molecule has 0 bridgehead atoms. The van der Waals surface area contributed by atoms with Crippen LogP contribution in [0.3, 0.4) is 0 Å². The highest BCUT2D eigenvalue weighted by Gasteiger charge is 2.16. The Hall–Kier alpha value is -1.75. The number of hydrogen-bond acceptors (Lipinski definition) is 4. The molecule has 106 valence electrons. The largest absolute Gasteiger partial charge is 0.344 e. The van der Waals surface area contributed by atoms with Crippen molar-refractivity contribution in [2.45, 2.75) is 39.7 Å². The van der Waals surface area contributed by atoms with Crippen molar-refractivity contribution in [2.24, 2.45) is 0 Å². The molecule has 0 saturated heterocycles. The van der Waals surface area contributed by atoms with Crippen molar-refractivity contribution in [1.29, 1.82) is 0 Å². The summed E-state index contributed by atoms with van der Waals surface area (Å²) in [5, 5.41) is 6.81.